The first-order valence-electron chi connectivity index (χ1n) is 9.89. The molecule has 31 heavy (non-hydrogen) atoms. The van der Waals surface area contributed by atoms with Gasteiger partial charge in [0.15, 0.2) is 0 Å². The Morgan fingerprint density at radius 2 is 1.58 bits per heavy atom. The normalized spacial score (nSPS) is 11.3. The monoisotopic (exact) mass is 448 g/mol. The predicted molar refractivity (Wildman–Crippen MR) is 131 cm³/mol. The lowest BCUT2D eigenvalue weighted by atomic mass is 9.99. The highest BCUT2D eigenvalue weighted by Gasteiger charge is 2.08. The molecule has 4 rings (SSSR count). The highest BCUT2D eigenvalue weighted by Crippen LogP contribution is 2.31. The lowest BCUT2D eigenvalue weighted by Crippen LogP contribution is -1.92. The number of halogens is 2. The molecule has 4 aromatic rings. The van der Waals surface area contributed by atoms with Crippen LogP contribution < -0.4 is 4.74 Å². The third-order valence-corrected chi connectivity index (χ3v) is 5.71. The van der Waals surface area contributed by atoms with Crippen molar-refractivity contribution in [2.75, 3.05) is 7.11 Å². The topological polar surface area (TPSA) is 37.9 Å². The van der Waals surface area contributed by atoms with E-state index in [4.69, 9.17) is 27.9 Å². The number of nitrogens with one attached hydrogen (secondary N) is 1. The molecule has 0 fully saturated rings. The Labute approximate surface area is 192 Å². The molecule has 0 aliphatic heterocycles. The van der Waals surface area contributed by atoms with Gasteiger partial charge in [-0.05, 0) is 78.1 Å². The van der Waals surface area contributed by atoms with E-state index < -0.39 is 0 Å². The van der Waals surface area contributed by atoms with Crippen molar-refractivity contribution in [1.82, 2.24) is 9.97 Å². The van der Waals surface area contributed by atoms with Gasteiger partial charge in [-0.25, -0.2) is 4.98 Å². The molecule has 0 unspecified atom stereocenters. The molecule has 0 aliphatic rings. The van der Waals surface area contributed by atoms with Gasteiger partial charge in [0.1, 0.15) is 11.6 Å². The van der Waals surface area contributed by atoms with E-state index in [1.54, 1.807) is 19.4 Å². The quantitative estimate of drug-likeness (QED) is 0.337. The maximum atomic E-state index is 6.29. The van der Waals surface area contributed by atoms with Crippen LogP contribution >= 0.6 is 23.2 Å². The van der Waals surface area contributed by atoms with Crippen LogP contribution in [0.15, 0.2) is 60.8 Å². The van der Waals surface area contributed by atoms with Gasteiger partial charge in [-0.1, -0.05) is 53.5 Å². The Hall–Kier alpha value is -3.01. The summed E-state index contributed by atoms with van der Waals surface area (Å²) >= 11 is 12.3. The smallest absolute Gasteiger partial charge is 0.130 e. The highest BCUT2D eigenvalue weighted by molar-refractivity contribution is 6.36. The number of aryl methyl sites for hydroxylation is 2. The number of ether oxygens (including phenoxy) is 1. The van der Waals surface area contributed by atoms with Crippen molar-refractivity contribution in [3.8, 4) is 28.1 Å². The number of H-pyrrole nitrogens is 1. The van der Waals surface area contributed by atoms with Gasteiger partial charge in [0.05, 0.1) is 24.0 Å². The molecule has 0 bridgehead atoms. The van der Waals surface area contributed by atoms with Crippen LogP contribution in [0.4, 0.5) is 0 Å². The van der Waals surface area contributed by atoms with Gasteiger partial charge in [0, 0.05) is 10.6 Å². The molecule has 0 atom stereocenters. The zero-order chi connectivity index (χ0) is 22.0. The van der Waals surface area contributed by atoms with Crippen molar-refractivity contribution in [1.29, 1.82) is 0 Å². The fraction of sp³-hybridized carbons (Fsp3) is 0.115. The van der Waals surface area contributed by atoms with Gasteiger partial charge in [0.2, 0.25) is 0 Å². The fourth-order valence-electron chi connectivity index (χ4n) is 3.67. The highest BCUT2D eigenvalue weighted by atomic mass is 35.5. The predicted octanol–water partition coefficient (Wildman–Crippen LogP) is 7.85. The minimum Gasteiger partial charge on any atom is -0.496 e. The maximum absolute atomic E-state index is 6.29. The summed E-state index contributed by atoms with van der Waals surface area (Å²) in [6.07, 6.45) is 5.75. The summed E-state index contributed by atoms with van der Waals surface area (Å²) in [6, 6.07) is 18.2. The van der Waals surface area contributed by atoms with E-state index in [-0.39, 0.29) is 0 Å². The van der Waals surface area contributed by atoms with Crippen LogP contribution in [-0.2, 0) is 0 Å². The second-order valence-electron chi connectivity index (χ2n) is 7.40. The summed E-state index contributed by atoms with van der Waals surface area (Å²) in [4.78, 5) is 7.71. The Bertz CT molecular complexity index is 1230. The molecule has 5 heteroatoms. The number of hydrogen-bond donors (Lipinski definition) is 1. The minimum atomic E-state index is 0.589. The van der Waals surface area contributed by atoms with Crippen molar-refractivity contribution in [3.63, 3.8) is 0 Å². The molecule has 0 radical (unpaired) electrons. The first-order valence-corrected chi connectivity index (χ1v) is 10.6. The second-order valence-corrected chi connectivity index (χ2v) is 8.25. The molecule has 0 saturated carbocycles. The van der Waals surface area contributed by atoms with Crippen LogP contribution in [-0.4, -0.2) is 17.1 Å². The number of imidazole rings is 1. The summed E-state index contributed by atoms with van der Waals surface area (Å²) in [5, 5.41) is 1.20. The number of aromatic nitrogens is 2. The van der Waals surface area contributed by atoms with E-state index in [9.17, 15) is 0 Å². The minimum absolute atomic E-state index is 0.589. The molecule has 0 spiro atoms. The zero-order valence-electron chi connectivity index (χ0n) is 17.5. The lowest BCUT2D eigenvalue weighted by Gasteiger charge is -2.11. The van der Waals surface area contributed by atoms with Gasteiger partial charge in [-0.3, -0.25) is 0 Å². The number of nitrogens with zero attached hydrogens (tertiary/aromatic N) is 1. The summed E-state index contributed by atoms with van der Waals surface area (Å²) in [5.41, 5.74) is 7.43. The van der Waals surface area contributed by atoms with Gasteiger partial charge in [-0.2, -0.15) is 0 Å². The van der Waals surface area contributed by atoms with Crippen molar-refractivity contribution in [2.24, 2.45) is 0 Å². The number of methoxy groups -OCH3 is 1. The van der Waals surface area contributed by atoms with Crippen molar-refractivity contribution >= 4 is 35.4 Å². The molecule has 3 aromatic carbocycles. The van der Waals surface area contributed by atoms with Crippen LogP contribution in [0.1, 0.15) is 22.5 Å². The summed E-state index contributed by atoms with van der Waals surface area (Å²) < 4.78 is 5.47. The molecule has 156 valence electrons. The molecule has 0 aliphatic carbocycles. The molecule has 3 nitrogen and oxygen atoms in total. The van der Waals surface area contributed by atoms with E-state index in [1.165, 1.54) is 11.1 Å². The first-order chi connectivity index (χ1) is 14.9. The molecule has 1 N–H and O–H groups in total. The van der Waals surface area contributed by atoms with Crippen molar-refractivity contribution in [3.05, 3.63) is 93.4 Å². The molecule has 1 aromatic heterocycles. The van der Waals surface area contributed by atoms with E-state index in [0.29, 0.717) is 10.0 Å². The molecule has 1 heterocycles. The van der Waals surface area contributed by atoms with E-state index in [0.717, 1.165) is 39.5 Å². The fourth-order valence-corrected chi connectivity index (χ4v) is 4.18. The second kappa shape index (κ2) is 9.01. The van der Waals surface area contributed by atoms with Gasteiger partial charge in [0.25, 0.3) is 0 Å². The number of rotatable bonds is 5. The zero-order valence-corrected chi connectivity index (χ0v) is 19.1. The van der Waals surface area contributed by atoms with Crippen LogP contribution in [0, 0.1) is 13.8 Å². The van der Waals surface area contributed by atoms with Gasteiger partial charge in [-0.15, -0.1) is 0 Å². The third kappa shape index (κ3) is 4.68. The number of benzene rings is 3. The average molecular weight is 449 g/mol. The van der Waals surface area contributed by atoms with E-state index in [1.807, 2.05) is 24.3 Å². The molecular weight excluding hydrogens is 427 g/mol. The standard InChI is InChI=1S/C26H22Cl2N2O/c1-16-12-20(13-17(2)26(16)31-3)19-7-4-18(5-8-19)6-11-25-29-15-24(30-25)22-10-9-21(27)14-23(22)28/h4-15H,1-3H3,(H,29,30)/b11-6+. The Kier molecular flexibility index (Phi) is 6.17. The van der Waals surface area contributed by atoms with Crippen LogP contribution in [0.3, 0.4) is 0 Å². The maximum Gasteiger partial charge on any atom is 0.130 e. The summed E-state index contributed by atoms with van der Waals surface area (Å²) in [5.74, 6) is 1.70. The summed E-state index contributed by atoms with van der Waals surface area (Å²) in [6.45, 7) is 4.14. The Morgan fingerprint density at radius 3 is 2.23 bits per heavy atom. The third-order valence-electron chi connectivity index (χ3n) is 5.16. The molecule has 0 amide bonds. The summed E-state index contributed by atoms with van der Waals surface area (Å²) in [7, 11) is 1.71. The number of aromatic amines is 1. The van der Waals surface area contributed by atoms with Crippen LogP contribution in [0.2, 0.25) is 10.0 Å². The molecular formula is C26H22Cl2N2O. The SMILES string of the molecule is COc1c(C)cc(-c2ccc(/C=C/c3ncc(-c4ccc(Cl)cc4Cl)[nH]3)cc2)cc1C. The Balaban J connectivity index is 1.52. The van der Waals surface area contributed by atoms with Gasteiger partial charge >= 0.3 is 0 Å². The first kappa shape index (κ1) is 21.2. The van der Waals surface area contributed by atoms with Crippen LogP contribution in [0.25, 0.3) is 34.5 Å². The average Bonchev–Trinajstić information content (AvgIpc) is 3.21. The molecule has 0 saturated heterocycles. The van der Waals surface area contributed by atoms with Gasteiger partial charge < -0.3 is 9.72 Å². The van der Waals surface area contributed by atoms with Crippen molar-refractivity contribution < 1.29 is 4.74 Å². The lowest BCUT2D eigenvalue weighted by molar-refractivity contribution is 0.408. The van der Waals surface area contributed by atoms with Crippen molar-refractivity contribution in [2.45, 2.75) is 13.8 Å². The number of hydrogen-bond acceptors (Lipinski definition) is 2. The largest absolute Gasteiger partial charge is 0.496 e. The van der Waals surface area contributed by atoms with Crippen LogP contribution in [0.5, 0.6) is 5.75 Å². The Morgan fingerprint density at radius 1 is 0.871 bits per heavy atom. The van der Waals surface area contributed by atoms with E-state index in [2.05, 4.69) is 60.2 Å². The van der Waals surface area contributed by atoms with E-state index >= 15 is 0 Å².